The highest BCUT2D eigenvalue weighted by Gasteiger charge is 2.52. The number of benzene rings is 2. The Morgan fingerprint density at radius 2 is 1.87 bits per heavy atom. The fraction of sp³-hybridized carbons (Fsp3) is 0.435. The molecule has 2 aliphatic rings. The van der Waals surface area contributed by atoms with Crippen LogP contribution in [0.5, 0.6) is 5.75 Å². The highest BCUT2D eigenvalue weighted by Crippen LogP contribution is 2.50. The summed E-state index contributed by atoms with van der Waals surface area (Å²) < 4.78 is 0. The molecule has 4 rings (SSSR count). The van der Waals surface area contributed by atoms with E-state index >= 15 is 0 Å². The van der Waals surface area contributed by atoms with Crippen molar-refractivity contribution in [3.05, 3.63) is 59.7 Å². The largest absolute Gasteiger partial charge is 0.506 e. The lowest BCUT2D eigenvalue weighted by Gasteiger charge is -2.27. The van der Waals surface area contributed by atoms with Gasteiger partial charge in [-0.15, -0.1) is 0 Å². The quantitative estimate of drug-likeness (QED) is 0.443. The molecule has 2 fully saturated rings. The fourth-order valence-electron chi connectivity index (χ4n) is 4.24. The van der Waals surface area contributed by atoms with Crippen LogP contribution in [0.3, 0.4) is 0 Å². The Morgan fingerprint density at radius 1 is 1.17 bits per heavy atom. The molecule has 1 heterocycles. The summed E-state index contributed by atoms with van der Waals surface area (Å²) in [7, 11) is 1.49. The van der Waals surface area contributed by atoms with Crippen molar-refractivity contribution in [2.24, 2.45) is 0 Å². The van der Waals surface area contributed by atoms with Crippen LogP contribution in [0.2, 0.25) is 0 Å². The second kappa shape index (κ2) is 9.73. The number of nitrogens with zero attached hydrogens (tertiary/aromatic N) is 1. The minimum atomic E-state index is -0.532. The molecule has 1 aliphatic carbocycles. The maximum Gasteiger partial charge on any atom is 0.231 e. The first-order chi connectivity index (χ1) is 14.1. The van der Waals surface area contributed by atoms with E-state index in [0.29, 0.717) is 5.69 Å². The van der Waals surface area contributed by atoms with Gasteiger partial charge in [0.25, 0.3) is 0 Å². The fourth-order valence-corrected chi connectivity index (χ4v) is 4.24. The van der Waals surface area contributed by atoms with E-state index in [4.69, 9.17) is 4.84 Å². The van der Waals surface area contributed by atoms with Crippen molar-refractivity contribution in [1.82, 2.24) is 10.2 Å². The van der Waals surface area contributed by atoms with Crippen LogP contribution in [-0.4, -0.2) is 42.7 Å². The lowest BCUT2D eigenvalue weighted by atomic mass is 9.93. The molecule has 1 saturated carbocycles. The second-order valence-corrected chi connectivity index (χ2v) is 8.06. The van der Waals surface area contributed by atoms with Crippen molar-refractivity contribution in [1.29, 1.82) is 0 Å². The molecule has 1 aliphatic heterocycles. The van der Waals surface area contributed by atoms with Crippen molar-refractivity contribution in [2.75, 3.05) is 32.2 Å². The number of aromatic hydroxyl groups is 1. The zero-order valence-corrected chi connectivity index (χ0v) is 18.4. The SMILES string of the molecule is CONc1cc(C2(C(=O)N[C@H](CN3CCCC3)c3ccccc3)CC2)ccc1O.S. The molecule has 30 heavy (non-hydrogen) atoms. The molecule has 2 aromatic rings. The first-order valence-electron chi connectivity index (χ1n) is 10.3. The van der Waals surface area contributed by atoms with Crippen LogP contribution in [0.1, 0.15) is 42.9 Å². The number of amides is 1. The summed E-state index contributed by atoms with van der Waals surface area (Å²) in [6.45, 7) is 3.01. The number of carbonyl (C=O) groups is 1. The number of anilines is 1. The molecule has 0 bridgehead atoms. The molecule has 2 aromatic carbocycles. The van der Waals surface area contributed by atoms with Gasteiger partial charge in [0.05, 0.1) is 18.6 Å². The normalized spacial score (nSPS) is 18.3. The van der Waals surface area contributed by atoms with E-state index in [0.717, 1.165) is 43.6 Å². The van der Waals surface area contributed by atoms with E-state index in [-0.39, 0.29) is 31.2 Å². The zero-order valence-electron chi connectivity index (χ0n) is 17.4. The number of hydrogen-bond acceptors (Lipinski definition) is 5. The summed E-state index contributed by atoms with van der Waals surface area (Å²) in [5.74, 6) is 0.155. The van der Waals surface area contributed by atoms with E-state index in [2.05, 4.69) is 27.8 Å². The molecule has 0 radical (unpaired) electrons. The Morgan fingerprint density at radius 3 is 2.50 bits per heavy atom. The van der Waals surface area contributed by atoms with Crippen LogP contribution < -0.4 is 10.8 Å². The third-order valence-electron chi connectivity index (χ3n) is 6.09. The summed E-state index contributed by atoms with van der Waals surface area (Å²) >= 11 is 0. The predicted octanol–water partition coefficient (Wildman–Crippen LogP) is 3.46. The molecule has 1 saturated heterocycles. The van der Waals surface area contributed by atoms with Gasteiger partial charge in [-0.05, 0) is 62.0 Å². The molecule has 162 valence electrons. The maximum absolute atomic E-state index is 13.4. The lowest BCUT2D eigenvalue weighted by Crippen LogP contribution is -2.41. The molecule has 0 spiro atoms. The number of phenols is 1. The van der Waals surface area contributed by atoms with Gasteiger partial charge in [-0.1, -0.05) is 36.4 Å². The number of carbonyl (C=O) groups excluding carboxylic acids is 1. The Kier molecular flexibility index (Phi) is 7.28. The number of likely N-dealkylation sites (tertiary alicyclic amines) is 1. The zero-order chi connectivity index (χ0) is 20.3. The molecule has 1 atom stereocenters. The highest BCUT2D eigenvalue weighted by atomic mass is 32.1. The van der Waals surface area contributed by atoms with E-state index in [1.165, 1.54) is 20.0 Å². The van der Waals surface area contributed by atoms with Gasteiger partial charge in [-0.25, -0.2) is 0 Å². The minimum absolute atomic E-state index is 0. The van der Waals surface area contributed by atoms with E-state index in [1.54, 1.807) is 6.07 Å². The van der Waals surface area contributed by atoms with Gasteiger partial charge in [0, 0.05) is 6.54 Å². The summed E-state index contributed by atoms with van der Waals surface area (Å²) in [6.07, 6.45) is 4.06. The number of hydrogen-bond donors (Lipinski definition) is 3. The minimum Gasteiger partial charge on any atom is -0.506 e. The van der Waals surface area contributed by atoms with Crippen molar-refractivity contribution >= 4 is 25.1 Å². The van der Waals surface area contributed by atoms with Crippen molar-refractivity contribution < 1.29 is 14.7 Å². The Hall–Kier alpha value is -2.22. The van der Waals surface area contributed by atoms with Crippen LogP contribution >= 0.6 is 13.5 Å². The van der Waals surface area contributed by atoms with Crippen molar-refractivity contribution in [3.8, 4) is 5.75 Å². The van der Waals surface area contributed by atoms with Crippen LogP contribution in [0, 0.1) is 0 Å². The second-order valence-electron chi connectivity index (χ2n) is 8.06. The van der Waals surface area contributed by atoms with Crippen LogP contribution in [0.4, 0.5) is 5.69 Å². The van der Waals surface area contributed by atoms with Gasteiger partial charge >= 0.3 is 0 Å². The average Bonchev–Trinajstić information content (AvgIpc) is 3.40. The Balaban J connectivity index is 0.00000256. The smallest absolute Gasteiger partial charge is 0.231 e. The summed E-state index contributed by atoms with van der Waals surface area (Å²) in [5.41, 5.74) is 4.66. The molecular weight excluding hydrogens is 398 g/mol. The maximum atomic E-state index is 13.4. The Labute approximate surface area is 185 Å². The number of nitrogens with one attached hydrogen (secondary N) is 2. The Bertz CT molecular complexity index is 852. The summed E-state index contributed by atoms with van der Waals surface area (Å²) in [5, 5.41) is 13.3. The van der Waals surface area contributed by atoms with Crippen molar-refractivity contribution in [2.45, 2.75) is 37.1 Å². The molecule has 0 aromatic heterocycles. The van der Waals surface area contributed by atoms with E-state index in [9.17, 15) is 9.90 Å². The third-order valence-corrected chi connectivity index (χ3v) is 6.09. The molecule has 7 heteroatoms. The van der Waals surface area contributed by atoms with Gasteiger partial charge in [0.1, 0.15) is 11.4 Å². The third kappa shape index (κ3) is 4.74. The van der Waals surface area contributed by atoms with Gasteiger partial charge in [-0.3, -0.25) is 15.1 Å². The van der Waals surface area contributed by atoms with Gasteiger partial charge in [-0.2, -0.15) is 13.5 Å². The van der Waals surface area contributed by atoms with Gasteiger partial charge in [0.2, 0.25) is 5.91 Å². The van der Waals surface area contributed by atoms with Crippen LogP contribution in [0.25, 0.3) is 0 Å². The lowest BCUT2D eigenvalue weighted by molar-refractivity contribution is -0.124. The highest BCUT2D eigenvalue weighted by molar-refractivity contribution is 7.59. The van der Waals surface area contributed by atoms with Gasteiger partial charge < -0.3 is 15.3 Å². The topological polar surface area (TPSA) is 73.8 Å². The molecule has 1 amide bonds. The van der Waals surface area contributed by atoms with Crippen LogP contribution in [0.15, 0.2) is 48.5 Å². The monoisotopic (exact) mass is 429 g/mol. The number of rotatable bonds is 8. The van der Waals surface area contributed by atoms with E-state index in [1.807, 2.05) is 30.3 Å². The standard InChI is InChI=1S/C23H29N3O3.H2S/c1-29-25-19-15-18(9-10-21(19)27)23(11-12-23)22(28)24-20(16-26-13-5-6-14-26)17-7-3-2-4-8-17;/h2-4,7-10,15,20,25,27H,5-6,11-14,16H2,1H3,(H,24,28);1H2/t20-;/m1./s1. The predicted molar refractivity (Wildman–Crippen MR) is 123 cm³/mol. The summed E-state index contributed by atoms with van der Waals surface area (Å²) in [4.78, 5) is 20.8. The van der Waals surface area contributed by atoms with Crippen LogP contribution in [-0.2, 0) is 15.0 Å². The van der Waals surface area contributed by atoms with Crippen molar-refractivity contribution in [3.63, 3.8) is 0 Å². The first-order valence-corrected chi connectivity index (χ1v) is 10.3. The van der Waals surface area contributed by atoms with Gasteiger partial charge in [0.15, 0.2) is 0 Å². The number of phenolic OH excluding ortho intramolecular Hbond substituents is 1. The van der Waals surface area contributed by atoms with E-state index < -0.39 is 5.41 Å². The average molecular weight is 430 g/mol. The molecular formula is C23H31N3O3S. The molecule has 6 nitrogen and oxygen atoms in total. The molecule has 0 unspecified atom stereocenters. The summed E-state index contributed by atoms with van der Waals surface area (Å²) in [6, 6.07) is 15.4. The first kappa shape index (κ1) is 22.5. The molecule has 3 N–H and O–H groups in total.